The number of piperazine rings is 1. The molecule has 1 N–H and O–H groups in total. The van der Waals surface area contributed by atoms with Crippen molar-refractivity contribution in [1.82, 2.24) is 10.2 Å². The summed E-state index contributed by atoms with van der Waals surface area (Å²) >= 11 is 11.9. The van der Waals surface area contributed by atoms with Crippen molar-refractivity contribution in [2.24, 2.45) is 0 Å². The fourth-order valence-corrected chi connectivity index (χ4v) is 2.41. The van der Waals surface area contributed by atoms with Crippen LogP contribution in [0.15, 0.2) is 18.2 Å². The second kappa shape index (κ2) is 8.18. The number of ether oxygens (including phenoxy) is 1. The summed E-state index contributed by atoms with van der Waals surface area (Å²) in [5.74, 6) is 0.659. The van der Waals surface area contributed by atoms with Crippen LogP contribution in [0.5, 0.6) is 5.75 Å². The fourth-order valence-electron chi connectivity index (χ4n) is 2.08. The lowest BCUT2D eigenvalue weighted by atomic mass is 10.2. The van der Waals surface area contributed by atoms with E-state index < -0.39 is 0 Å². The number of benzene rings is 1. The second-order valence-electron chi connectivity index (χ2n) is 4.51. The van der Waals surface area contributed by atoms with Crippen molar-refractivity contribution in [2.45, 2.75) is 13.0 Å². The third kappa shape index (κ3) is 5.01. The molecule has 1 fully saturated rings. The molecule has 3 nitrogen and oxygen atoms in total. The molecule has 1 aromatic carbocycles. The van der Waals surface area contributed by atoms with Gasteiger partial charge in [0.25, 0.3) is 0 Å². The Morgan fingerprint density at radius 1 is 1.42 bits per heavy atom. The van der Waals surface area contributed by atoms with Gasteiger partial charge in [-0.25, -0.2) is 0 Å². The molecule has 0 spiro atoms. The summed E-state index contributed by atoms with van der Waals surface area (Å²) in [7, 11) is 0. The molecule has 1 aliphatic rings. The average Bonchev–Trinajstić information content (AvgIpc) is 2.36. The largest absolute Gasteiger partial charge is 0.491 e. The van der Waals surface area contributed by atoms with Crippen LogP contribution in [0.1, 0.15) is 6.92 Å². The summed E-state index contributed by atoms with van der Waals surface area (Å²) in [6, 6.07) is 5.82. The highest BCUT2D eigenvalue weighted by Gasteiger charge is 2.17. The number of nitrogens with zero attached hydrogens (tertiary/aromatic N) is 1. The molecule has 1 aliphatic heterocycles. The van der Waals surface area contributed by atoms with Crippen LogP contribution in [-0.2, 0) is 0 Å². The first-order chi connectivity index (χ1) is 8.66. The standard InChI is InChI=1S/C13H18Cl2N2O.ClH/c1-10-9-16-4-5-17(10)6-7-18-13-8-11(14)2-3-12(13)15;/h2-3,8,10,16H,4-7,9H2,1H3;1H/t10-;/m0./s1. The van der Waals surface area contributed by atoms with Gasteiger partial charge in [-0.05, 0) is 19.1 Å². The second-order valence-corrected chi connectivity index (χ2v) is 5.36. The monoisotopic (exact) mass is 324 g/mol. The number of rotatable bonds is 4. The van der Waals surface area contributed by atoms with Gasteiger partial charge in [0, 0.05) is 43.3 Å². The third-order valence-corrected chi connectivity index (χ3v) is 3.72. The van der Waals surface area contributed by atoms with E-state index in [1.165, 1.54) is 0 Å². The molecule has 0 aliphatic carbocycles. The highest BCUT2D eigenvalue weighted by atomic mass is 35.5. The Labute approximate surface area is 130 Å². The van der Waals surface area contributed by atoms with Gasteiger partial charge in [-0.1, -0.05) is 23.2 Å². The molecule has 1 heterocycles. The van der Waals surface area contributed by atoms with Gasteiger partial charge in [-0.3, -0.25) is 4.90 Å². The first-order valence-electron chi connectivity index (χ1n) is 6.19. The average molecular weight is 326 g/mol. The highest BCUT2D eigenvalue weighted by Crippen LogP contribution is 2.27. The Bertz CT molecular complexity index is 403. The van der Waals surface area contributed by atoms with Gasteiger partial charge in [0.1, 0.15) is 12.4 Å². The zero-order valence-electron chi connectivity index (χ0n) is 10.9. The topological polar surface area (TPSA) is 24.5 Å². The first kappa shape index (κ1) is 16.9. The predicted octanol–water partition coefficient (Wildman–Crippen LogP) is 3.09. The Hall–Kier alpha value is -0.190. The van der Waals surface area contributed by atoms with E-state index in [-0.39, 0.29) is 12.4 Å². The maximum Gasteiger partial charge on any atom is 0.139 e. The van der Waals surface area contributed by atoms with Crippen molar-refractivity contribution < 1.29 is 4.74 Å². The third-order valence-electron chi connectivity index (χ3n) is 3.17. The molecule has 19 heavy (non-hydrogen) atoms. The Morgan fingerprint density at radius 3 is 2.95 bits per heavy atom. The van der Waals surface area contributed by atoms with E-state index in [0.717, 1.165) is 26.2 Å². The minimum Gasteiger partial charge on any atom is -0.491 e. The first-order valence-corrected chi connectivity index (χ1v) is 6.95. The van der Waals surface area contributed by atoms with Crippen LogP contribution in [-0.4, -0.2) is 43.7 Å². The minimum atomic E-state index is 0. The highest BCUT2D eigenvalue weighted by molar-refractivity contribution is 6.34. The molecule has 2 rings (SSSR count). The number of nitrogens with one attached hydrogen (secondary N) is 1. The van der Waals surface area contributed by atoms with Crippen molar-refractivity contribution in [3.63, 3.8) is 0 Å². The minimum absolute atomic E-state index is 0. The maximum atomic E-state index is 6.04. The smallest absolute Gasteiger partial charge is 0.139 e. The van der Waals surface area contributed by atoms with E-state index >= 15 is 0 Å². The lowest BCUT2D eigenvalue weighted by Gasteiger charge is -2.33. The van der Waals surface area contributed by atoms with Gasteiger partial charge in [0.15, 0.2) is 0 Å². The zero-order chi connectivity index (χ0) is 13.0. The normalized spacial score (nSPS) is 19.8. The van der Waals surface area contributed by atoms with Crippen LogP contribution < -0.4 is 10.1 Å². The summed E-state index contributed by atoms with van der Waals surface area (Å²) in [5.41, 5.74) is 0. The van der Waals surface area contributed by atoms with Crippen LogP contribution in [0, 0.1) is 0 Å². The molecule has 0 bridgehead atoms. The van der Waals surface area contributed by atoms with Crippen LogP contribution >= 0.6 is 35.6 Å². The van der Waals surface area contributed by atoms with Crippen molar-refractivity contribution in [2.75, 3.05) is 32.8 Å². The lowest BCUT2D eigenvalue weighted by molar-refractivity contribution is 0.143. The van der Waals surface area contributed by atoms with Crippen LogP contribution in [0.2, 0.25) is 10.0 Å². The molecule has 0 amide bonds. The van der Waals surface area contributed by atoms with E-state index in [1.807, 2.05) is 0 Å². The van der Waals surface area contributed by atoms with E-state index in [4.69, 9.17) is 27.9 Å². The van der Waals surface area contributed by atoms with Crippen molar-refractivity contribution in [3.05, 3.63) is 28.2 Å². The quantitative estimate of drug-likeness (QED) is 0.920. The van der Waals surface area contributed by atoms with Crippen molar-refractivity contribution in [3.8, 4) is 5.75 Å². The summed E-state index contributed by atoms with van der Waals surface area (Å²) < 4.78 is 5.69. The van der Waals surface area contributed by atoms with E-state index in [2.05, 4.69) is 17.1 Å². The van der Waals surface area contributed by atoms with Gasteiger partial charge in [0.05, 0.1) is 5.02 Å². The van der Waals surface area contributed by atoms with E-state index in [9.17, 15) is 0 Å². The molecule has 0 saturated carbocycles. The summed E-state index contributed by atoms with van der Waals surface area (Å²) in [5, 5.41) is 4.62. The molecule has 6 heteroatoms. The van der Waals surface area contributed by atoms with Crippen molar-refractivity contribution >= 4 is 35.6 Å². The fraction of sp³-hybridized carbons (Fsp3) is 0.538. The number of hydrogen-bond donors (Lipinski definition) is 1. The van der Waals surface area contributed by atoms with Gasteiger partial charge >= 0.3 is 0 Å². The van der Waals surface area contributed by atoms with Gasteiger partial charge in [-0.15, -0.1) is 12.4 Å². The van der Waals surface area contributed by atoms with Crippen molar-refractivity contribution in [1.29, 1.82) is 0 Å². The van der Waals surface area contributed by atoms with Crippen LogP contribution in [0.3, 0.4) is 0 Å². The van der Waals surface area contributed by atoms with Gasteiger partial charge in [-0.2, -0.15) is 0 Å². The Kier molecular flexibility index (Phi) is 7.26. The molecule has 1 saturated heterocycles. The molecular weight excluding hydrogens is 307 g/mol. The predicted molar refractivity (Wildman–Crippen MR) is 83.1 cm³/mol. The molecule has 0 aromatic heterocycles. The van der Waals surface area contributed by atoms with Crippen LogP contribution in [0.4, 0.5) is 0 Å². The van der Waals surface area contributed by atoms with Gasteiger partial charge in [0.2, 0.25) is 0 Å². The van der Waals surface area contributed by atoms with Crippen LogP contribution in [0.25, 0.3) is 0 Å². The zero-order valence-corrected chi connectivity index (χ0v) is 13.2. The lowest BCUT2D eigenvalue weighted by Crippen LogP contribution is -2.50. The molecule has 0 radical (unpaired) electrons. The molecule has 1 atom stereocenters. The summed E-state index contributed by atoms with van der Waals surface area (Å²) in [6.45, 7) is 6.91. The Balaban J connectivity index is 0.00000180. The molecule has 0 unspecified atom stereocenters. The SMILES string of the molecule is C[C@H]1CNCCN1CCOc1cc(Cl)ccc1Cl.Cl. The maximum absolute atomic E-state index is 6.04. The summed E-state index contributed by atoms with van der Waals surface area (Å²) in [4.78, 5) is 2.41. The van der Waals surface area contributed by atoms with Gasteiger partial charge < -0.3 is 10.1 Å². The summed E-state index contributed by atoms with van der Waals surface area (Å²) in [6.07, 6.45) is 0. The van der Waals surface area contributed by atoms with E-state index in [1.54, 1.807) is 18.2 Å². The molecule has 1 aromatic rings. The molecular formula is C13H19Cl3N2O. The number of hydrogen-bond acceptors (Lipinski definition) is 3. The Morgan fingerprint density at radius 2 is 2.21 bits per heavy atom. The molecule has 108 valence electrons. The van der Waals surface area contributed by atoms with E-state index in [0.29, 0.717) is 28.4 Å². The number of halogens is 3.